The van der Waals surface area contributed by atoms with E-state index in [2.05, 4.69) is 43.0 Å². The molecule has 1 atom stereocenters. The van der Waals surface area contributed by atoms with Gasteiger partial charge in [-0.1, -0.05) is 12.1 Å². The van der Waals surface area contributed by atoms with Crippen LogP contribution in [-0.4, -0.2) is 76.9 Å². The number of methoxy groups -OCH3 is 1. The number of aliphatic imine (C=N–C) groups is 1. The number of hydrogen-bond acceptors (Lipinski definition) is 7. The molecule has 1 unspecified atom stereocenters. The highest BCUT2D eigenvalue weighted by Gasteiger charge is 2.23. The van der Waals surface area contributed by atoms with Gasteiger partial charge in [-0.15, -0.1) is 11.3 Å². The molecule has 0 radical (unpaired) electrons. The Labute approximate surface area is 182 Å². The Morgan fingerprint density at radius 3 is 2.60 bits per heavy atom. The van der Waals surface area contributed by atoms with Crippen molar-refractivity contribution in [3.63, 3.8) is 0 Å². The zero-order chi connectivity index (χ0) is 21.3. The Morgan fingerprint density at radius 1 is 1.27 bits per heavy atom. The van der Waals surface area contributed by atoms with Crippen molar-refractivity contribution in [1.29, 1.82) is 0 Å². The molecule has 2 heterocycles. The van der Waals surface area contributed by atoms with Gasteiger partial charge in [-0.2, -0.15) is 0 Å². The molecular weight excluding hydrogens is 400 g/mol. The van der Waals surface area contributed by atoms with E-state index in [0.717, 1.165) is 55.4 Å². The van der Waals surface area contributed by atoms with Crippen molar-refractivity contribution in [3.05, 3.63) is 40.9 Å². The van der Waals surface area contributed by atoms with E-state index >= 15 is 0 Å². The summed E-state index contributed by atoms with van der Waals surface area (Å²) >= 11 is 1.64. The number of nitrogens with one attached hydrogen (secondary N) is 2. The summed E-state index contributed by atoms with van der Waals surface area (Å²) in [5.74, 6) is 1.63. The highest BCUT2D eigenvalue weighted by atomic mass is 32.1. The maximum atomic E-state index is 5.55. The second kappa shape index (κ2) is 11.1. The van der Waals surface area contributed by atoms with Gasteiger partial charge in [-0.05, 0) is 17.7 Å². The van der Waals surface area contributed by atoms with Gasteiger partial charge in [0.1, 0.15) is 5.75 Å². The summed E-state index contributed by atoms with van der Waals surface area (Å²) in [6, 6.07) is 8.52. The van der Waals surface area contributed by atoms with Crippen LogP contribution >= 0.6 is 11.3 Å². The number of morpholine rings is 1. The van der Waals surface area contributed by atoms with Crippen molar-refractivity contribution in [3.8, 4) is 5.75 Å². The van der Waals surface area contributed by atoms with E-state index in [-0.39, 0.29) is 6.04 Å². The van der Waals surface area contributed by atoms with E-state index in [9.17, 15) is 0 Å². The fourth-order valence-corrected chi connectivity index (χ4v) is 4.10. The Balaban J connectivity index is 1.62. The minimum absolute atomic E-state index is 0.220. The SMILES string of the molecule is CN=C(NCc1csc(N(C)C)n1)NCC(c1ccc(OC)cc1)N1CCOCC1. The van der Waals surface area contributed by atoms with Crippen LogP contribution in [0.25, 0.3) is 0 Å². The van der Waals surface area contributed by atoms with Crippen molar-refractivity contribution >= 4 is 22.4 Å². The molecule has 0 saturated carbocycles. The first-order valence-corrected chi connectivity index (χ1v) is 11.0. The summed E-state index contributed by atoms with van der Waals surface area (Å²) in [5.41, 5.74) is 2.25. The number of nitrogens with zero attached hydrogens (tertiary/aromatic N) is 4. The number of anilines is 1. The molecule has 164 valence electrons. The molecule has 0 spiro atoms. The molecule has 9 heteroatoms. The van der Waals surface area contributed by atoms with Crippen molar-refractivity contribution < 1.29 is 9.47 Å². The molecule has 1 saturated heterocycles. The van der Waals surface area contributed by atoms with Gasteiger partial charge in [0.15, 0.2) is 11.1 Å². The predicted molar refractivity (Wildman–Crippen MR) is 123 cm³/mol. The zero-order valence-corrected chi connectivity index (χ0v) is 19.0. The third-order valence-electron chi connectivity index (χ3n) is 5.03. The third-order valence-corrected chi connectivity index (χ3v) is 6.09. The van der Waals surface area contributed by atoms with E-state index in [1.54, 1.807) is 25.5 Å². The molecule has 2 N–H and O–H groups in total. The molecule has 0 aliphatic carbocycles. The predicted octanol–water partition coefficient (Wildman–Crippen LogP) is 1.96. The zero-order valence-electron chi connectivity index (χ0n) is 18.2. The van der Waals surface area contributed by atoms with Gasteiger partial charge >= 0.3 is 0 Å². The lowest BCUT2D eigenvalue weighted by Crippen LogP contribution is -2.46. The quantitative estimate of drug-likeness (QED) is 0.488. The molecule has 30 heavy (non-hydrogen) atoms. The van der Waals surface area contributed by atoms with Gasteiger partial charge in [0.25, 0.3) is 0 Å². The summed E-state index contributed by atoms with van der Waals surface area (Å²) in [7, 11) is 7.48. The van der Waals surface area contributed by atoms with E-state index in [4.69, 9.17) is 9.47 Å². The Kier molecular flexibility index (Phi) is 8.30. The lowest BCUT2D eigenvalue weighted by atomic mass is 10.0. The van der Waals surface area contributed by atoms with Crippen LogP contribution in [0.5, 0.6) is 5.75 Å². The molecule has 1 aliphatic rings. The number of aromatic nitrogens is 1. The minimum Gasteiger partial charge on any atom is -0.497 e. The van der Waals surface area contributed by atoms with Gasteiger partial charge in [0.05, 0.1) is 38.6 Å². The standard InChI is InChI=1S/C21H32N6O2S/c1-22-20(23-13-17-15-30-21(25-17)26(2)3)24-14-19(27-9-11-29-12-10-27)16-5-7-18(28-4)8-6-16/h5-8,15,19H,9-14H2,1-4H3,(H2,22,23,24). The summed E-state index contributed by atoms with van der Waals surface area (Å²) in [6.07, 6.45) is 0. The maximum absolute atomic E-state index is 5.55. The number of thiazole rings is 1. The Bertz CT molecular complexity index is 802. The van der Waals surface area contributed by atoms with Crippen LogP contribution in [0, 0.1) is 0 Å². The highest BCUT2D eigenvalue weighted by Crippen LogP contribution is 2.23. The molecule has 2 aromatic rings. The largest absolute Gasteiger partial charge is 0.497 e. The third kappa shape index (κ3) is 6.07. The van der Waals surface area contributed by atoms with E-state index < -0.39 is 0 Å². The topological polar surface area (TPSA) is 74.2 Å². The van der Waals surface area contributed by atoms with Gasteiger partial charge in [0.2, 0.25) is 0 Å². The average molecular weight is 433 g/mol. The van der Waals surface area contributed by atoms with Crippen molar-refractivity contribution in [1.82, 2.24) is 20.5 Å². The number of benzene rings is 1. The maximum Gasteiger partial charge on any atom is 0.191 e. The van der Waals surface area contributed by atoms with Crippen LogP contribution in [0.1, 0.15) is 17.3 Å². The molecule has 0 amide bonds. The first kappa shape index (κ1) is 22.3. The first-order valence-electron chi connectivity index (χ1n) is 10.1. The monoisotopic (exact) mass is 432 g/mol. The van der Waals surface area contributed by atoms with E-state index in [0.29, 0.717) is 6.54 Å². The number of hydrogen-bond donors (Lipinski definition) is 2. The second-order valence-corrected chi connectivity index (χ2v) is 8.10. The molecule has 1 aromatic carbocycles. The van der Waals surface area contributed by atoms with E-state index in [1.165, 1.54) is 5.56 Å². The normalized spacial score (nSPS) is 16.2. The van der Waals surface area contributed by atoms with Crippen LogP contribution in [0.3, 0.4) is 0 Å². The van der Waals surface area contributed by atoms with Crippen LogP contribution in [-0.2, 0) is 11.3 Å². The number of guanidine groups is 1. The van der Waals surface area contributed by atoms with Crippen LogP contribution in [0.2, 0.25) is 0 Å². The lowest BCUT2D eigenvalue weighted by molar-refractivity contribution is 0.0170. The van der Waals surface area contributed by atoms with Crippen LogP contribution in [0.15, 0.2) is 34.6 Å². The summed E-state index contributed by atoms with van der Waals surface area (Å²) in [6.45, 7) is 4.73. The molecule has 1 fully saturated rings. The molecule has 1 aromatic heterocycles. The van der Waals surface area contributed by atoms with Gasteiger partial charge in [-0.3, -0.25) is 9.89 Å². The molecular formula is C21H32N6O2S. The van der Waals surface area contributed by atoms with Crippen LogP contribution in [0.4, 0.5) is 5.13 Å². The van der Waals surface area contributed by atoms with Gasteiger partial charge in [-0.25, -0.2) is 4.98 Å². The van der Waals surface area contributed by atoms with E-state index in [1.807, 2.05) is 31.1 Å². The summed E-state index contributed by atoms with van der Waals surface area (Å²) in [5, 5.41) is 9.93. The Morgan fingerprint density at radius 2 is 2.00 bits per heavy atom. The minimum atomic E-state index is 0.220. The highest BCUT2D eigenvalue weighted by molar-refractivity contribution is 7.13. The fraction of sp³-hybridized carbons (Fsp3) is 0.524. The average Bonchev–Trinajstić information content (AvgIpc) is 3.26. The van der Waals surface area contributed by atoms with Crippen molar-refractivity contribution in [2.75, 3.05) is 66.0 Å². The van der Waals surface area contributed by atoms with Crippen LogP contribution < -0.4 is 20.3 Å². The van der Waals surface area contributed by atoms with Crippen molar-refractivity contribution in [2.45, 2.75) is 12.6 Å². The molecule has 1 aliphatic heterocycles. The molecule has 3 rings (SSSR count). The molecule has 0 bridgehead atoms. The molecule has 8 nitrogen and oxygen atoms in total. The van der Waals surface area contributed by atoms with Crippen molar-refractivity contribution in [2.24, 2.45) is 4.99 Å². The van der Waals surface area contributed by atoms with Gasteiger partial charge in [0, 0.05) is 46.2 Å². The number of ether oxygens (including phenoxy) is 2. The smallest absolute Gasteiger partial charge is 0.191 e. The number of rotatable bonds is 8. The Hall–Kier alpha value is -2.36. The fourth-order valence-electron chi connectivity index (χ4n) is 3.34. The second-order valence-electron chi connectivity index (χ2n) is 7.26. The summed E-state index contributed by atoms with van der Waals surface area (Å²) < 4.78 is 10.9. The summed E-state index contributed by atoms with van der Waals surface area (Å²) in [4.78, 5) is 13.5. The lowest BCUT2D eigenvalue weighted by Gasteiger charge is -2.35. The first-order chi connectivity index (χ1) is 14.6. The van der Waals surface area contributed by atoms with Gasteiger partial charge < -0.3 is 25.0 Å².